The highest BCUT2D eigenvalue weighted by molar-refractivity contribution is 6.74. The fraction of sp³-hybridized carbons (Fsp3) is 1.00. The maximum atomic E-state index is 6.07. The molecule has 0 spiro atoms. The maximum Gasteiger partial charge on any atom is 0.192 e. The van der Waals surface area contributed by atoms with Crippen LogP contribution in [0.4, 0.5) is 0 Å². The SMILES string of the molecule is CC(C)(C)[Si](C)(C)OCCOCCOCCOCCOCCOCCOCCOC1CCNCC1. The van der Waals surface area contributed by atoms with Crippen molar-refractivity contribution in [1.82, 2.24) is 5.32 Å². The second kappa shape index (κ2) is 20.9. The minimum Gasteiger partial charge on any atom is -0.414 e. The van der Waals surface area contributed by atoms with Gasteiger partial charge in [-0.05, 0) is 44.1 Å². The minimum absolute atomic E-state index is 0.229. The van der Waals surface area contributed by atoms with Crippen molar-refractivity contribution < 1.29 is 37.6 Å². The summed E-state index contributed by atoms with van der Waals surface area (Å²) in [4.78, 5) is 0. The van der Waals surface area contributed by atoms with E-state index in [1.54, 1.807) is 0 Å². The van der Waals surface area contributed by atoms with E-state index in [0.29, 0.717) is 98.6 Å². The van der Waals surface area contributed by atoms with E-state index in [2.05, 4.69) is 39.2 Å². The highest BCUT2D eigenvalue weighted by atomic mass is 28.4. The van der Waals surface area contributed by atoms with Crippen LogP contribution in [0.2, 0.25) is 18.1 Å². The highest BCUT2D eigenvalue weighted by Gasteiger charge is 2.36. The number of piperidine rings is 1. The van der Waals surface area contributed by atoms with Gasteiger partial charge in [-0.2, -0.15) is 0 Å². The summed E-state index contributed by atoms with van der Waals surface area (Å²) in [7, 11) is -1.68. The first kappa shape index (κ1) is 32.9. The molecule has 1 rings (SSSR count). The predicted octanol–water partition coefficient (Wildman–Crippen LogP) is 2.88. The van der Waals surface area contributed by atoms with Crippen molar-refractivity contribution in [1.29, 1.82) is 0 Å². The average Bonchev–Trinajstić information content (AvgIpc) is 2.82. The lowest BCUT2D eigenvalue weighted by Gasteiger charge is -2.36. The van der Waals surface area contributed by atoms with Gasteiger partial charge >= 0.3 is 0 Å². The Morgan fingerprint density at radius 2 is 0.914 bits per heavy atom. The second-order valence-electron chi connectivity index (χ2n) is 10.1. The van der Waals surface area contributed by atoms with Gasteiger partial charge in [-0.15, -0.1) is 0 Å². The molecule has 0 radical (unpaired) electrons. The van der Waals surface area contributed by atoms with E-state index in [1.165, 1.54) is 0 Å². The molecule has 0 bridgehead atoms. The molecule has 0 saturated carbocycles. The van der Waals surface area contributed by atoms with E-state index in [1.807, 2.05) is 0 Å². The monoisotopic (exact) mass is 523 g/mol. The summed E-state index contributed by atoms with van der Waals surface area (Å²) in [5.74, 6) is 0. The van der Waals surface area contributed by atoms with Gasteiger partial charge in [0.2, 0.25) is 0 Å². The molecule has 0 aliphatic carbocycles. The molecule has 1 aliphatic rings. The van der Waals surface area contributed by atoms with Gasteiger partial charge in [-0.25, -0.2) is 0 Å². The van der Waals surface area contributed by atoms with Crippen LogP contribution in [0.3, 0.4) is 0 Å². The van der Waals surface area contributed by atoms with Crippen LogP contribution in [0.25, 0.3) is 0 Å². The first-order valence-electron chi connectivity index (χ1n) is 13.3. The standard InChI is InChI=1S/C25H53NO8Si/c1-25(2,3)35(4,5)34-23-21-32-19-17-30-15-13-28-11-10-27-12-14-29-16-18-31-20-22-33-24-6-8-26-9-7-24/h24,26H,6-23H2,1-5H3. The Kier molecular flexibility index (Phi) is 19.6. The van der Waals surface area contributed by atoms with Gasteiger partial charge in [-0.3, -0.25) is 0 Å². The van der Waals surface area contributed by atoms with Crippen molar-refractivity contribution in [2.75, 3.05) is 106 Å². The lowest BCUT2D eigenvalue weighted by Crippen LogP contribution is -2.41. The molecule has 1 saturated heterocycles. The topological polar surface area (TPSA) is 85.9 Å². The molecule has 0 aromatic carbocycles. The number of rotatable bonds is 23. The van der Waals surface area contributed by atoms with E-state index >= 15 is 0 Å². The van der Waals surface area contributed by atoms with Crippen molar-refractivity contribution in [3.8, 4) is 0 Å². The molecule has 35 heavy (non-hydrogen) atoms. The van der Waals surface area contributed by atoms with Crippen molar-refractivity contribution in [3.05, 3.63) is 0 Å². The Hall–Kier alpha value is -0.143. The summed E-state index contributed by atoms with van der Waals surface area (Å²) in [5, 5.41) is 3.56. The van der Waals surface area contributed by atoms with Gasteiger partial charge in [0, 0.05) is 0 Å². The second-order valence-corrected chi connectivity index (χ2v) is 14.9. The molecule has 0 unspecified atom stereocenters. The Morgan fingerprint density at radius 3 is 1.29 bits per heavy atom. The number of nitrogens with one attached hydrogen (secondary N) is 1. The van der Waals surface area contributed by atoms with Crippen molar-refractivity contribution in [3.63, 3.8) is 0 Å². The predicted molar refractivity (Wildman–Crippen MR) is 140 cm³/mol. The first-order chi connectivity index (χ1) is 16.8. The maximum absolute atomic E-state index is 6.07. The molecule has 1 heterocycles. The lowest BCUT2D eigenvalue weighted by atomic mass is 10.1. The van der Waals surface area contributed by atoms with Crippen LogP contribution in [0.5, 0.6) is 0 Å². The summed E-state index contributed by atoms with van der Waals surface area (Å²) >= 11 is 0. The van der Waals surface area contributed by atoms with Gasteiger partial charge < -0.3 is 42.9 Å². The third-order valence-electron chi connectivity index (χ3n) is 6.22. The Balaban J connectivity index is 1.69. The van der Waals surface area contributed by atoms with E-state index in [0.717, 1.165) is 25.9 Å². The molecule has 0 aromatic heterocycles. The zero-order chi connectivity index (χ0) is 25.7. The first-order valence-corrected chi connectivity index (χ1v) is 16.2. The highest BCUT2D eigenvalue weighted by Crippen LogP contribution is 2.36. The van der Waals surface area contributed by atoms with Crippen LogP contribution >= 0.6 is 0 Å². The van der Waals surface area contributed by atoms with Gasteiger partial charge in [0.25, 0.3) is 0 Å². The zero-order valence-electron chi connectivity index (χ0n) is 23.1. The van der Waals surface area contributed by atoms with Crippen molar-refractivity contribution >= 4 is 8.32 Å². The minimum atomic E-state index is -1.68. The molecule has 1 aliphatic heterocycles. The smallest absolute Gasteiger partial charge is 0.192 e. The molecule has 9 nitrogen and oxygen atoms in total. The van der Waals surface area contributed by atoms with E-state index in [4.69, 9.17) is 37.6 Å². The molecule has 0 aromatic rings. The Bertz CT molecular complexity index is 473. The van der Waals surface area contributed by atoms with Gasteiger partial charge in [0.05, 0.1) is 98.6 Å². The van der Waals surface area contributed by atoms with Crippen molar-refractivity contribution in [2.45, 2.75) is 57.8 Å². The summed E-state index contributed by atoms with van der Waals surface area (Å²) in [5.41, 5.74) is 0. The summed E-state index contributed by atoms with van der Waals surface area (Å²) in [6.07, 6.45) is 2.56. The molecule has 10 heteroatoms. The Labute approximate surface area is 214 Å². The molecule has 1 fully saturated rings. The zero-order valence-corrected chi connectivity index (χ0v) is 24.1. The molecule has 0 amide bonds. The van der Waals surface area contributed by atoms with Crippen molar-refractivity contribution in [2.24, 2.45) is 0 Å². The molecule has 1 N–H and O–H groups in total. The summed E-state index contributed by atoms with van der Waals surface area (Å²) < 4.78 is 44.9. The summed E-state index contributed by atoms with van der Waals surface area (Å²) in [6.45, 7) is 21.4. The number of ether oxygens (including phenoxy) is 7. The molecule has 0 atom stereocenters. The van der Waals surface area contributed by atoms with E-state index in [9.17, 15) is 0 Å². The molecular formula is C25H53NO8Si. The van der Waals surface area contributed by atoms with Crippen LogP contribution in [-0.2, 0) is 37.6 Å². The molecule has 210 valence electrons. The van der Waals surface area contributed by atoms with Crippen LogP contribution in [0.1, 0.15) is 33.6 Å². The fourth-order valence-corrected chi connectivity index (χ4v) is 4.04. The lowest BCUT2D eigenvalue weighted by molar-refractivity contribution is -0.0308. The van der Waals surface area contributed by atoms with Gasteiger partial charge in [0.1, 0.15) is 0 Å². The normalized spacial score (nSPS) is 15.7. The quantitative estimate of drug-likeness (QED) is 0.160. The van der Waals surface area contributed by atoms with Crippen LogP contribution in [-0.4, -0.2) is 120 Å². The van der Waals surface area contributed by atoms with E-state index < -0.39 is 8.32 Å². The number of hydrogen-bond donors (Lipinski definition) is 1. The number of hydrogen-bond acceptors (Lipinski definition) is 9. The van der Waals surface area contributed by atoms with Crippen LogP contribution in [0.15, 0.2) is 0 Å². The third-order valence-corrected chi connectivity index (χ3v) is 10.8. The summed E-state index contributed by atoms with van der Waals surface area (Å²) in [6, 6.07) is 0. The van der Waals surface area contributed by atoms with E-state index in [-0.39, 0.29) is 5.04 Å². The molecular weight excluding hydrogens is 470 g/mol. The van der Waals surface area contributed by atoms with Gasteiger partial charge in [0.15, 0.2) is 8.32 Å². The fourth-order valence-electron chi connectivity index (χ4n) is 3.01. The third kappa shape index (κ3) is 18.7. The van der Waals surface area contributed by atoms with Crippen LogP contribution < -0.4 is 5.32 Å². The Morgan fingerprint density at radius 1 is 0.571 bits per heavy atom. The largest absolute Gasteiger partial charge is 0.414 e. The average molecular weight is 524 g/mol. The van der Waals surface area contributed by atoms with Gasteiger partial charge in [-0.1, -0.05) is 20.8 Å². The van der Waals surface area contributed by atoms with Crippen LogP contribution in [0, 0.1) is 0 Å².